The Labute approximate surface area is 129 Å². The summed E-state index contributed by atoms with van der Waals surface area (Å²) >= 11 is 12.2. The summed E-state index contributed by atoms with van der Waals surface area (Å²) < 4.78 is 5.14. The van der Waals surface area contributed by atoms with Crippen molar-refractivity contribution < 1.29 is 4.74 Å². The zero-order chi connectivity index (χ0) is 14.5. The van der Waals surface area contributed by atoms with E-state index >= 15 is 0 Å². The topological polar surface area (TPSA) is 21.3 Å². The van der Waals surface area contributed by atoms with Gasteiger partial charge in [-0.1, -0.05) is 35.3 Å². The molecule has 0 fully saturated rings. The van der Waals surface area contributed by atoms with E-state index in [1.165, 1.54) is 0 Å². The second-order valence-electron chi connectivity index (χ2n) is 4.67. The zero-order valence-corrected chi connectivity index (χ0v) is 13.0. The zero-order valence-electron chi connectivity index (χ0n) is 11.5. The molecule has 0 bridgehead atoms. The summed E-state index contributed by atoms with van der Waals surface area (Å²) in [6.07, 6.45) is 0. The third-order valence-electron chi connectivity index (χ3n) is 3.05. The second kappa shape index (κ2) is 6.98. The minimum Gasteiger partial charge on any atom is -0.380 e. The van der Waals surface area contributed by atoms with Gasteiger partial charge < -0.3 is 10.1 Å². The Hall–Kier alpha value is -1.22. The Morgan fingerprint density at radius 1 is 1.15 bits per heavy atom. The fourth-order valence-electron chi connectivity index (χ4n) is 2.09. The van der Waals surface area contributed by atoms with Crippen LogP contribution in [0.2, 0.25) is 10.0 Å². The first-order valence-electron chi connectivity index (χ1n) is 6.39. The van der Waals surface area contributed by atoms with Crippen molar-refractivity contribution in [3.05, 3.63) is 63.6 Å². The van der Waals surface area contributed by atoms with Gasteiger partial charge in [-0.3, -0.25) is 0 Å². The summed E-state index contributed by atoms with van der Waals surface area (Å²) in [7, 11) is 1.69. The lowest BCUT2D eigenvalue weighted by Crippen LogP contribution is -2.07. The molecule has 0 radical (unpaired) electrons. The van der Waals surface area contributed by atoms with E-state index in [-0.39, 0.29) is 6.04 Å². The van der Waals surface area contributed by atoms with Crippen molar-refractivity contribution in [2.75, 3.05) is 12.4 Å². The molecular weight excluding hydrogens is 293 g/mol. The van der Waals surface area contributed by atoms with Gasteiger partial charge >= 0.3 is 0 Å². The van der Waals surface area contributed by atoms with Crippen LogP contribution in [0, 0.1) is 0 Å². The van der Waals surface area contributed by atoms with Gasteiger partial charge in [-0.2, -0.15) is 0 Å². The molecule has 1 unspecified atom stereocenters. The Morgan fingerprint density at radius 2 is 1.95 bits per heavy atom. The van der Waals surface area contributed by atoms with Gasteiger partial charge in [-0.05, 0) is 48.4 Å². The van der Waals surface area contributed by atoms with Crippen molar-refractivity contribution in [2.24, 2.45) is 0 Å². The molecule has 0 spiro atoms. The van der Waals surface area contributed by atoms with Crippen molar-refractivity contribution in [1.29, 1.82) is 0 Å². The number of rotatable bonds is 5. The Kier molecular flexibility index (Phi) is 5.30. The largest absolute Gasteiger partial charge is 0.380 e. The molecule has 0 saturated heterocycles. The van der Waals surface area contributed by atoms with Crippen LogP contribution in [0.3, 0.4) is 0 Å². The summed E-state index contributed by atoms with van der Waals surface area (Å²) in [6, 6.07) is 13.7. The number of halogens is 2. The van der Waals surface area contributed by atoms with Crippen molar-refractivity contribution in [2.45, 2.75) is 19.6 Å². The third-order valence-corrected chi connectivity index (χ3v) is 3.63. The van der Waals surface area contributed by atoms with E-state index in [1.54, 1.807) is 13.2 Å². The van der Waals surface area contributed by atoms with Crippen LogP contribution in [0.1, 0.15) is 24.1 Å². The van der Waals surface area contributed by atoms with Crippen molar-refractivity contribution >= 4 is 28.9 Å². The van der Waals surface area contributed by atoms with Crippen LogP contribution in [-0.2, 0) is 11.3 Å². The average Bonchev–Trinajstić information content (AvgIpc) is 2.42. The highest BCUT2D eigenvalue weighted by Gasteiger charge is 2.10. The molecule has 2 aromatic carbocycles. The van der Waals surface area contributed by atoms with Crippen LogP contribution in [-0.4, -0.2) is 7.11 Å². The summed E-state index contributed by atoms with van der Waals surface area (Å²) in [4.78, 5) is 0. The Morgan fingerprint density at radius 3 is 2.70 bits per heavy atom. The lowest BCUT2D eigenvalue weighted by atomic mass is 10.1. The number of methoxy groups -OCH3 is 1. The predicted octanol–water partition coefficient (Wildman–Crippen LogP) is 5.31. The van der Waals surface area contributed by atoms with Crippen LogP contribution in [0.4, 0.5) is 5.69 Å². The first-order valence-corrected chi connectivity index (χ1v) is 7.15. The van der Waals surface area contributed by atoms with E-state index in [4.69, 9.17) is 27.9 Å². The van der Waals surface area contributed by atoms with E-state index in [2.05, 4.69) is 18.3 Å². The van der Waals surface area contributed by atoms with Gasteiger partial charge in [0.2, 0.25) is 0 Å². The minimum atomic E-state index is 0.0685. The molecule has 0 aliphatic rings. The quantitative estimate of drug-likeness (QED) is 0.807. The summed E-state index contributed by atoms with van der Waals surface area (Å²) in [5.74, 6) is 0. The summed E-state index contributed by atoms with van der Waals surface area (Å²) in [5, 5.41) is 4.82. The Bertz CT molecular complexity index is 586. The highest BCUT2D eigenvalue weighted by molar-refractivity contribution is 6.33. The first kappa shape index (κ1) is 15.2. The average molecular weight is 310 g/mol. The molecular formula is C16H17Cl2NO. The van der Waals surface area contributed by atoms with Crippen molar-refractivity contribution in [1.82, 2.24) is 0 Å². The fourth-order valence-corrected chi connectivity index (χ4v) is 2.55. The van der Waals surface area contributed by atoms with Gasteiger partial charge in [0, 0.05) is 22.8 Å². The molecule has 0 aliphatic carbocycles. The lowest BCUT2D eigenvalue weighted by Gasteiger charge is -2.18. The molecule has 2 rings (SSSR count). The highest BCUT2D eigenvalue weighted by atomic mass is 35.5. The van der Waals surface area contributed by atoms with Crippen molar-refractivity contribution in [3.63, 3.8) is 0 Å². The van der Waals surface area contributed by atoms with Crippen LogP contribution < -0.4 is 5.32 Å². The van der Waals surface area contributed by atoms with E-state index in [1.807, 2.05) is 30.3 Å². The van der Waals surface area contributed by atoms with Gasteiger partial charge in [0.25, 0.3) is 0 Å². The van der Waals surface area contributed by atoms with Gasteiger partial charge in [-0.15, -0.1) is 0 Å². The van der Waals surface area contributed by atoms with Gasteiger partial charge in [0.15, 0.2) is 0 Å². The molecule has 20 heavy (non-hydrogen) atoms. The third kappa shape index (κ3) is 3.89. The second-order valence-corrected chi connectivity index (χ2v) is 5.51. The Balaban J connectivity index is 2.16. The molecule has 2 nitrogen and oxygen atoms in total. The smallest absolute Gasteiger partial charge is 0.0713 e. The predicted molar refractivity (Wildman–Crippen MR) is 85.7 cm³/mol. The summed E-state index contributed by atoms with van der Waals surface area (Å²) in [5.41, 5.74) is 3.14. The molecule has 1 atom stereocenters. The highest BCUT2D eigenvalue weighted by Crippen LogP contribution is 2.28. The molecule has 0 aliphatic heterocycles. The van der Waals surface area contributed by atoms with E-state index in [9.17, 15) is 0 Å². The minimum absolute atomic E-state index is 0.0685. The fraction of sp³-hybridized carbons (Fsp3) is 0.250. The standard InChI is InChI=1S/C16H17Cl2NO/c1-11(15-9-13(17)6-7-16(15)18)19-14-5-3-4-12(8-14)10-20-2/h3-9,11,19H,10H2,1-2H3. The molecule has 106 valence electrons. The van der Waals surface area contributed by atoms with Crippen LogP contribution in [0.15, 0.2) is 42.5 Å². The molecule has 0 saturated carbocycles. The number of ether oxygens (including phenoxy) is 1. The maximum atomic E-state index is 6.22. The molecule has 0 heterocycles. The van der Waals surface area contributed by atoms with Crippen LogP contribution >= 0.6 is 23.2 Å². The molecule has 4 heteroatoms. The SMILES string of the molecule is COCc1cccc(NC(C)c2cc(Cl)ccc2Cl)c1. The molecule has 1 N–H and O–H groups in total. The number of hydrogen-bond donors (Lipinski definition) is 1. The normalized spacial score (nSPS) is 12.2. The van der Waals surface area contributed by atoms with E-state index < -0.39 is 0 Å². The maximum absolute atomic E-state index is 6.22. The van der Waals surface area contributed by atoms with E-state index in [0.29, 0.717) is 16.7 Å². The summed E-state index contributed by atoms with van der Waals surface area (Å²) in [6.45, 7) is 2.66. The maximum Gasteiger partial charge on any atom is 0.0713 e. The van der Waals surface area contributed by atoms with Gasteiger partial charge in [-0.25, -0.2) is 0 Å². The lowest BCUT2D eigenvalue weighted by molar-refractivity contribution is 0.185. The van der Waals surface area contributed by atoms with Crippen molar-refractivity contribution in [3.8, 4) is 0 Å². The molecule has 2 aromatic rings. The van der Waals surface area contributed by atoms with E-state index in [0.717, 1.165) is 16.8 Å². The van der Waals surface area contributed by atoms with Gasteiger partial charge in [0.05, 0.1) is 12.6 Å². The van der Waals surface area contributed by atoms with Crippen LogP contribution in [0.5, 0.6) is 0 Å². The molecule has 0 amide bonds. The van der Waals surface area contributed by atoms with Crippen LogP contribution in [0.25, 0.3) is 0 Å². The monoisotopic (exact) mass is 309 g/mol. The molecule has 0 aromatic heterocycles. The number of nitrogens with one attached hydrogen (secondary N) is 1. The first-order chi connectivity index (χ1) is 9.60. The number of anilines is 1. The van der Waals surface area contributed by atoms with Gasteiger partial charge in [0.1, 0.15) is 0 Å². The number of benzene rings is 2. The number of hydrogen-bond acceptors (Lipinski definition) is 2.